The predicted octanol–water partition coefficient (Wildman–Crippen LogP) is 4.24. The second kappa shape index (κ2) is 5.74. The summed E-state index contributed by atoms with van der Waals surface area (Å²) in [6.07, 6.45) is 0.122. The predicted molar refractivity (Wildman–Crippen MR) is 77.6 cm³/mol. The molecule has 0 bridgehead atoms. The average Bonchev–Trinajstić information content (AvgIpc) is 2.74. The molecule has 0 saturated carbocycles. The van der Waals surface area contributed by atoms with Crippen LogP contribution < -0.4 is 10.5 Å². The van der Waals surface area contributed by atoms with Gasteiger partial charge in [0.2, 0.25) is 0 Å². The van der Waals surface area contributed by atoms with Crippen LogP contribution in [0.4, 0.5) is 0 Å². The van der Waals surface area contributed by atoms with Crippen molar-refractivity contribution in [2.24, 2.45) is 5.73 Å². The zero-order chi connectivity index (χ0) is 13.1. The van der Waals surface area contributed by atoms with Crippen LogP contribution >= 0.6 is 22.9 Å². The Morgan fingerprint density at radius 2 is 1.94 bits per heavy atom. The summed E-state index contributed by atoms with van der Waals surface area (Å²) in [7, 11) is 0. The Hall–Kier alpha value is -1.03. The lowest BCUT2D eigenvalue weighted by Crippen LogP contribution is -2.14. The van der Waals surface area contributed by atoms with E-state index >= 15 is 0 Å². The Morgan fingerprint density at radius 1 is 1.22 bits per heavy atom. The molecule has 2 rings (SSSR count). The summed E-state index contributed by atoms with van der Waals surface area (Å²) in [5, 5.41) is 2.66. The van der Waals surface area contributed by atoms with Gasteiger partial charge < -0.3 is 10.5 Å². The highest BCUT2D eigenvalue weighted by molar-refractivity contribution is 7.10. The zero-order valence-electron chi connectivity index (χ0n) is 10.4. The van der Waals surface area contributed by atoms with Gasteiger partial charge in [-0.25, -0.2) is 0 Å². The van der Waals surface area contributed by atoms with Crippen LogP contribution in [0.15, 0.2) is 35.7 Å². The summed E-state index contributed by atoms with van der Waals surface area (Å²) in [4.78, 5) is 0.969. The summed E-state index contributed by atoms with van der Waals surface area (Å²) in [5.74, 6) is 0.824. The first kappa shape index (κ1) is 13.4. The van der Waals surface area contributed by atoms with Gasteiger partial charge in [-0.1, -0.05) is 29.8 Å². The van der Waals surface area contributed by atoms with Crippen LogP contribution in [0.5, 0.6) is 5.75 Å². The molecular formula is C14H16ClNOS. The van der Waals surface area contributed by atoms with E-state index in [2.05, 4.69) is 0 Å². The van der Waals surface area contributed by atoms with Crippen molar-refractivity contribution >= 4 is 22.9 Å². The SMILES string of the molecule is CC(C)Oc1ccccc1C(N)c1sccc1Cl. The maximum atomic E-state index is 6.28. The van der Waals surface area contributed by atoms with Crippen molar-refractivity contribution in [2.45, 2.75) is 26.0 Å². The fourth-order valence-electron chi connectivity index (χ4n) is 1.77. The molecule has 1 aromatic heterocycles. The van der Waals surface area contributed by atoms with Gasteiger partial charge in [-0.3, -0.25) is 0 Å². The van der Waals surface area contributed by atoms with E-state index in [4.69, 9.17) is 22.1 Å². The van der Waals surface area contributed by atoms with Gasteiger partial charge in [0.25, 0.3) is 0 Å². The molecule has 0 fully saturated rings. The smallest absolute Gasteiger partial charge is 0.124 e. The van der Waals surface area contributed by atoms with E-state index in [1.54, 1.807) is 11.3 Å². The summed E-state index contributed by atoms with van der Waals surface area (Å²) in [5.41, 5.74) is 7.25. The molecule has 2 N–H and O–H groups in total. The van der Waals surface area contributed by atoms with Crippen LogP contribution in [0.2, 0.25) is 5.02 Å². The minimum Gasteiger partial charge on any atom is -0.491 e. The first-order valence-electron chi connectivity index (χ1n) is 5.83. The molecule has 0 spiro atoms. The lowest BCUT2D eigenvalue weighted by molar-refractivity contribution is 0.239. The number of rotatable bonds is 4. The molecular weight excluding hydrogens is 266 g/mol. The molecule has 1 atom stereocenters. The summed E-state index contributed by atoms with van der Waals surface area (Å²) < 4.78 is 5.79. The molecule has 1 unspecified atom stereocenters. The molecule has 0 aliphatic rings. The zero-order valence-corrected chi connectivity index (χ0v) is 12.0. The Labute approximate surface area is 116 Å². The topological polar surface area (TPSA) is 35.2 Å². The van der Waals surface area contributed by atoms with Gasteiger partial charge in [0.1, 0.15) is 5.75 Å². The number of ether oxygens (including phenoxy) is 1. The highest BCUT2D eigenvalue weighted by Gasteiger charge is 2.18. The highest BCUT2D eigenvalue weighted by Crippen LogP contribution is 2.35. The van der Waals surface area contributed by atoms with Gasteiger partial charge in [-0.15, -0.1) is 11.3 Å². The fourth-order valence-corrected chi connectivity index (χ4v) is 2.96. The third-order valence-electron chi connectivity index (χ3n) is 2.54. The van der Waals surface area contributed by atoms with Crippen molar-refractivity contribution in [3.8, 4) is 5.75 Å². The van der Waals surface area contributed by atoms with Crippen molar-refractivity contribution in [3.63, 3.8) is 0 Å². The monoisotopic (exact) mass is 281 g/mol. The molecule has 0 saturated heterocycles. The Bertz CT molecular complexity index is 524. The molecule has 0 aliphatic heterocycles. The number of hydrogen-bond donors (Lipinski definition) is 1. The second-order valence-electron chi connectivity index (χ2n) is 4.31. The lowest BCUT2D eigenvalue weighted by Gasteiger charge is -2.18. The Kier molecular flexibility index (Phi) is 4.27. The van der Waals surface area contributed by atoms with Crippen molar-refractivity contribution in [3.05, 3.63) is 51.2 Å². The van der Waals surface area contributed by atoms with E-state index in [-0.39, 0.29) is 12.1 Å². The highest BCUT2D eigenvalue weighted by atomic mass is 35.5. The van der Waals surface area contributed by atoms with Crippen molar-refractivity contribution in [1.29, 1.82) is 0 Å². The fraction of sp³-hybridized carbons (Fsp3) is 0.286. The minimum atomic E-state index is -0.243. The number of para-hydroxylation sites is 1. The molecule has 4 heteroatoms. The number of benzene rings is 1. The molecule has 0 radical (unpaired) electrons. The van der Waals surface area contributed by atoms with E-state index < -0.39 is 0 Å². The molecule has 0 aliphatic carbocycles. The maximum absolute atomic E-state index is 6.28. The standard InChI is InChI=1S/C14H16ClNOS/c1-9(2)17-12-6-4-3-5-10(12)13(16)14-11(15)7-8-18-14/h3-9,13H,16H2,1-2H3. The van der Waals surface area contributed by atoms with Crippen LogP contribution in [0, 0.1) is 0 Å². The Balaban J connectivity index is 2.36. The van der Waals surface area contributed by atoms with Gasteiger partial charge in [0.05, 0.1) is 17.2 Å². The van der Waals surface area contributed by atoms with Gasteiger partial charge in [0.15, 0.2) is 0 Å². The largest absolute Gasteiger partial charge is 0.491 e. The average molecular weight is 282 g/mol. The third-order valence-corrected chi connectivity index (χ3v) is 3.99. The van der Waals surface area contributed by atoms with Crippen molar-refractivity contribution in [1.82, 2.24) is 0 Å². The summed E-state index contributed by atoms with van der Waals surface area (Å²) >= 11 is 7.70. The van der Waals surface area contributed by atoms with Gasteiger partial charge in [0, 0.05) is 10.4 Å². The molecule has 18 heavy (non-hydrogen) atoms. The first-order chi connectivity index (χ1) is 8.59. The first-order valence-corrected chi connectivity index (χ1v) is 7.09. The molecule has 1 aromatic carbocycles. The van der Waals surface area contributed by atoms with E-state index in [1.807, 2.05) is 49.6 Å². The quantitative estimate of drug-likeness (QED) is 0.910. The van der Waals surface area contributed by atoms with Crippen LogP contribution in [0.3, 0.4) is 0 Å². The van der Waals surface area contributed by atoms with Gasteiger partial charge >= 0.3 is 0 Å². The van der Waals surface area contributed by atoms with E-state index in [0.717, 1.165) is 16.2 Å². The van der Waals surface area contributed by atoms with E-state index in [0.29, 0.717) is 5.02 Å². The van der Waals surface area contributed by atoms with Gasteiger partial charge in [-0.2, -0.15) is 0 Å². The normalized spacial score (nSPS) is 12.7. The second-order valence-corrected chi connectivity index (χ2v) is 5.67. The molecule has 96 valence electrons. The van der Waals surface area contributed by atoms with Crippen molar-refractivity contribution in [2.75, 3.05) is 0 Å². The van der Waals surface area contributed by atoms with Crippen molar-refractivity contribution < 1.29 is 4.74 Å². The van der Waals surface area contributed by atoms with Gasteiger partial charge in [-0.05, 0) is 31.4 Å². The number of hydrogen-bond acceptors (Lipinski definition) is 3. The van der Waals surface area contributed by atoms with E-state index in [9.17, 15) is 0 Å². The number of thiophene rings is 1. The minimum absolute atomic E-state index is 0.122. The lowest BCUT2D eigenvalue weighted by atomic mass is 10.1. The Morgan fingerprint density at radius 3 is 2.56 bits per heavy atom. The van der Waals surface area contributed by atoms with Crippen LogP contribution in [-0.2, 0) is 0 Å². The van der Waals surface area contributed by atoms with E-state index in [1.165, 1.54) is 0 Å². The van der Waals surface area contributed by atoms with Crippen LogP contribution in [0.1, 0.15) is 30.3 Å². The van der Waals surface area contributed by atoms with Crippen LogP contribution in [0.25, 0.3) is 0 Å². The third kappa shape index (κ3) is 2.86. The maximum Gasteiger partial charge on any atom is 0.124 e. The summed E-state index contributed by atoms with van der Waals surface area (Å²) in [6.45, 7) is 4.00. The number of halogens is 1. The summed E-state index contributed by atoms with van der Waals surface area (Å²) in [6, 6.07) is 9.46. The molecule has 0 amide bonds. The molecule has 2 nitrogen and oxygen atoms in total. The number of nitrogens with two attached hydrogens (primary N) is 1. The molecule has 1 heterocycles. The van der Waals surface area contributed by atoms with Crippen LogP contribution in [-0.4, -0.2) is 6.10 Å². The molecule has 2 aromatic rings.